The molecular formula is C15H18N8O2. The second kappa shape index (κ2) is 5.81. The highest BCUT2D eigenvalue weighted by atomic mass is 16.2. The van der Waals surface area contributed by atoms with Crippen LogP contribution < -0.4 is 16.1 Å². The second-order valence-corrected chi connectivity index (χ2v) is 6.35. The van der Waals surface area contributed by atoms with E-state index < -0.39 is 0 Å². The Bertz CT molecular complexity index is 896. The number of amides is 2. The van der Waals surface area contributed by atoms with E-state index in [9.17, 15) is 9.59 Å². The van der Waals surface area contributed by atoms with E-state index in [4.69, 9.17) is 0 Å². The van der Waals surface area contributed by atoms with Crippen LogP contribution in [0.1, 0.15) is 24.8 Å². The lowest BCUT2D eigenvalue weighted by atomic mass is 10.1. The van der Waals surface area contributed by atoms with Crippen molar-refractivity contribution in [3.63, 3.8) is 0 Å². The predicted molar refractivity (Wildman–Crippen MR) is 90.5 cm³/mol. The second-order valence-electron chi connectivity index (χ2n) is 6.35. The summed E-state index contributed by atoms with van der Waals surface area (Å²) < 4.78 is 1.61. The smallest absolute Gasteiger partial charge is 0.254 e. The van der Waals surface area contributed by atoms with Crippen LogP contribution in [0.15, 0.2) is 11.8 Å². The summed E-state index contributed by atoms with van der Waals surface area (Å²) in [5.74, 6) is 0.343. The van der Waals surface area contributed by atoms with Gasteiger partial charge in [-0.05, 0) is 18.9 Å². The molecule has 25 heavy (non-hydrogen) atoms. The van der Waals surface area contributed by atoms with Crippen molar-refractivity contribution < 1.29 is 9.59 Å². The maximum absolute atomic E-state index is 11.8. The molecule has 10 heteroatoms. The van der Waals surface area contributed by atoms with Crippen molar-refractivity contribution in [2.45, 2.75) is 25.3 Å². The standard InChI is InChI=1S/C15H18N8O2/c1-22(2)21-14-19-12-9(5-8-6-11(24)18-13(8)25)7-16-23(12)15(20-14)17-10-3-4-10/h5,7,10H,3-4,6H2,1-2H3,(H,18,24,25)(H2,17,19,20,21)/b8-5+. The lowest BCUT2D eigenvalue weighted by molar-refractivity contribution is -0.124. The molecule has 0 bridgehead atoms. The molecular weight excluding hydrogens is 324 g/mol. The lowest BCUT2D eigenvalue weighted by Gasteiger charge is -2.13. The van der Waals surface area contributed by atoms with Gasteiger partial charge in [-0.25, -0.2) is 5.01 Å². The van der Waals surface area contributed by atoms with Crippen molar-refractivity contribution in [2.24, 2.45) is 0 Å². The molecule has 130 valence electrons. The predicted octanol–water partition coefficient (Wildman–Crippen LogP) is 0.0170. The number of hydrogen-bond acceptors (Lipinski definition) is 8. The molecule has 1 aliphatic heterocycles. The summed E-state index contributed by atoms with van der Waals surface area (Å²) in [6.45, 7) is 0. The van der Waals surface area contributed by atoms with E-state index in [2.05, 4.69) is 31.1 Å². The number of nitrogens with zero attached hydrogens (tertiary/aromatic N) is 5. The van der Waals surface area contributed by atoms with E-state index in [1.807, 2.05) is 14.1 Å². The number of nitrogens with one attached hydrogen (secondary N) is 3. The number of hydrogen-bond donors (Lipinski definition) is 3. The van der Waals surface area contributed by atoms with Crippen molar-refractivity contribution in [1.82, 2.24) is 29.9 Å². The zero-order chi connectivity index (χ0) is 17.6. The zero-order valence-corrected chi connectivity index (χ0v) is 13.9. The first-order valence-electron chi connectivity index (χ1n) is 8.00. The third-order valence-corrected chi connectivity index (χ3v) is 3.85. The lowest BCUT2D eigenvalue weighted by Crippen LogP contribution is -2.22. The highest BCUT2D eigenvalue weighted by molar-refractivity contribution is 6.15. The Hall–Kier alpha value is -3.01. The first kappa shape index (κ1) is 15.5. The van der Waals surface area contributed by atoms with Gasteiger partial charge in [0, 0.05) is 31.3 Å². The fourth-order valence-electron chi connectivity index (χ4n) is 2.56. The minimum absolute atomic E-state index is 0.0667. The number of anilines is 2. The van der Waals surface area contributed by atoms with Gasteiger partial charge in [-0.1, -0.05) is 0 Å². The normalized spacial score (nSPS) is 19.1. The van der Waals surface area contributed by atoms with Crippen LogP contribution in [-0.2, 0) is 9.59 Å². The molecule has 3 heterocycles. The minimum atomic E-state index is -0.374. The molecule has 0 spiro atoms. The van der Waals surface area contributed by atoms with Crippen LogP contribution in [0.3, 0.4) is 0 Å². The van der Waals surface area contributed by atoms with Crippen molar-refractivity contribution in [3.05, 3.63) is 17.3 Å². The van der Waals surface area contributed by atoms with Crippen LogP contribution in [0, 0.1) is 0 Å². The molecule has 0 aromatic carbocycles. The Morgan fingerprint density at radius 1 is 1.32 bits per heavy atom. The van der Waals surface area contributed by atoms with E-state index in [0.29, 0.717) is 34.7 Å². The van der Waals surface area contributed by atoms with Gasteiger partial charge < -0.3 is 5.32 Å². The zero-order valence-electron chi connectivity index (χ0n) is 13.9. The molecule has 2 aliphatic rings. The Balaban J connectivity index is 1.78. The monoisotopic (exact) mass is 342 g/mol. The van der Waals surface area contributed by atoms with Crippen LogP contribution in [0.2, 0.25) is 0 Å². The molecule has 1 saturated carbocycles. The van der Waals surface area contributed by atoms with Gasteiger partial charge in [0.2, 0.25) is 17.8 Å². The molecule has 3 N–H and O–H groups in total. The minimum Gasteiger partial charge on any atom is -0.351 e. The third-order valence-electron chi connectivity index (χ3n) is 3.85. The van der Waals surface area contributed by atoms with Crippen LogP contribution in [-0.4, -0.2) is 56.5 Å². The summed E-state index contributed by atoms with van der Waals surface area (Å²) in [6.07, 6.45) is 5.53. The van der Waals surface area contributed by atoms with Crippen molar-refractivity contribution in [3.8, 4) is 0 Å². The molecule has 10 nitrogen and oxygen atoms in total. The van der Waals surface area contributed by atoms with Crippen molar-refractivity contribution in [1.29, 1.82) is 0 Å². The maximum atomic E-state index is 11.8. The largest absolute Gasteiger partial charge is 0.351 e. The van der Waals surface area contributed by atoms with Crippen LogP contribution in [0.4, 0.5) is 11.9 Å². The molecule has 1 saturated heterocycles. The van der Waals surface area contributed by atoms with Crippen LogP contribution in [0.25, 0.3) is 11.7 Å². The van der Waals surface area contributed by atoms with Gasteiger partial charge in [-0.15, -0.1) is 0 Å². The molecule has 0 unspecified atom stereocenters. The fourth-order valence-corrected chi connectivity index (χ4v) is 2.56. The Morgan fingerprint density at radius 2 is 2.12 bits per heavy atom. The third kappa shape index (κ3) is 3.15. The van der Waals surface area contributed by atoms with Crippen molar-refractivity contribution >= 4 is 35.4 Å². The van der Waals surface area contributed by atoms with E-state index in [1.165, 1.54) is 0 Å². The molecule has 0 atom stereocenters. The summed E-state index contributed by atoms with van der Waals surface area (Å²) in [5, 5.41) is 11.7. The number of aromatic nitrogens is 4. The molecule has 1 aliphatic carbocycles. The molecule has 2 fully saturated rings. The number of rotatable bonds is 5. The molecule has 2 aromatic rings. The quantitative estimate of drug-likeness (QED) is 0.395. The highest BCUT2D eigenvalue weighted by Gasteiger charge is 2.26. The molecule has 2 amide bonds. The van der Waals surface area contributed by atoms with E-state index >= 15 is 0 Å². The van der Waals surface area contributed by atoms with Gasteiger partial charge >= 0.3 is 0 Å². The molecule has 4 rings (SSSR count). The average molecular weight is 342 g/mol. The van der Waals surface area contributed by atoms with Gasteiger partial charge in [0.15, 0.2) is 5.65 Å². The van der Waals surface area contributed by atoms with Gasteiger partial charge in [-0.2, -0.15) is 19.6 Å². The van der Waals surface area contributed by atoms with E-state index in [1.54, 1.807) is 21.8 Å². The van der Waals surface area contributed by atoms with Crippen LogP contribution >= 0.6 is 0 Å². The first-order chi connectivity index (χ1) is 12.0. The summed E-state index contributed by atoms with van der Waals surface area (Å²) in [4.78, 5) is 32.1. The fraction of sp³-hybridized carbons (Fsp3) is 0.400. The number of carbonyl (C=O) groups is 2. The van der Waals surface area contributed by atoms with Gasteiger partial charge in [0.1, 0.15) is 0 Å². The Labute approximate surface area is 143 Å². The summed E-state index contributed by atoms with van der Waals surface area (Å²) in [6, 6.07) is 0.398. The number of fused-ring (bicyclic) bond motifs is 1. The van der Waals surface area contributed by atoms with Gasteiger partial charge in [-0.3, -0.25) is 20.3 Å². The topological polar surface area (TPSA) is 117 Å². The summed E-state index contributed by atoms with van der Waals surface area (Å²) in [5.41, 5.74) is 4.65. The van der Waals surface area contributed by atoms with Gasteiger partial charge in [0.25, 0.3) is 5.91 Å². The highest BCUT2D eigenvalue weighted by Crippen LogP contribution is 2.26. The summed E-state index contributed by atoms with van der Waals surface area (Å²) >= 11 is 0. The SMILES string of the molecule is CN(C)Nc1nc(NC2CC2)n2ncc(/C=C3\CC(=O)NC3=O)c2n1. The van der Waals surface area contributed by atoms with Gasteiger partial charge in [0.05, 0.1) is 12.6 Å². The van der Waals surface area contributed by atoms with E-state index in [0.717, 1.165) is 12.8 Å². The van der Waals surface area contributed by atoms with Crippen molar-refractivity contribution in [2.75, 3.05) is 24.8 Å². The summed E-state index contributed by atoms with van der Waals surface area (Å²) in [7, 11) is 3.69. The molecule has 0 radical (unpaired) electrons. The average Bonchev–Trinajstić information content (AvgIpc) is 3.17. The number of hydrazine groups is 1. The van der Waals surface area contributed by atoms with E-state index in [-0.39, 0.29) is 18.2 Å². The van der Waals surface area contributed by atoms with Crippen LogP contribution in [0.5, 0.6) is 0 Å². The Morgan fingerprint density at radius 3 is 2.76 bits per heavy atom. The molecule has 2 aromatic heterocycles. The number of carbonyl (C=O) groups excluding carboxylic acids is 2. The maximum Gasteiger partial charge on any atom is 0.254 e. The number of imide groups is 1. The Kier molecular flexibility index (Phi) is 3.61. The first-order valence-corrected chi connectivity index (χ1v) is 8.00.